The van der Waals surface area contributed by atoms with E-state index in [1.807, 2.05) is 0 Å². The molecule has 2 aromatic rings. The molecule has 0 fully saturated rings. The van der Waals surface area contributed by atoms with Crippen LogP contribution in [0.3, 0.4) is 0 Å². The molecule has 0 aromatic carbocycles. The molecule has 0 aliphatic heterocycles. The van der Waals surface area contributed by atoms with Gasteiger partial charge in [-0.2, -0.15) is 0 Å². The molecule has 2 aromatic heterocycles. The average molecular weight is 174 g/mol. The number of aldehydes is 1. The number of carbonyl (C=O) groups excluding carboxylic acids is 1. The van der Waals surface area contributed by atoms with Crippen LogP contribution >= 0.6 is 0 Å². The van der Waals surface area contributed by atoms with Crippen LogP contribution in [0, 0.1) is 0 Å². The Hall–Kier alpha value is -1.97. The third kappa shape index (κ3) is 1.22. The van der Waals surface area contributed by atoms with E-state index in [2.05, 4.69) is 9.97 Å². The van der Waals surface area contributed by atoms with Crippen molar-refractivity contribution in [3.63, 3.8) is 0 Å². The SMILES string of the molecule is O=Cc1cnc2c(O)ccnc2c1. The Kier molecular flexibility index (Phi) is 1.66. The molecule has 0 amide bonds. The first-order valence-electron chi connectivity index (χ1n) is 3.70. The van der Waals surface area contributed by atoms with E-state index in [0.29, 0.717) is 22.9 Å². The highest BCUT2D eigenvalue weighted by Crippen LogP contribution is 2.19. The number of nitrogens with zero attached hydrogens (tertiary/aromatic N) is 2. The molecule has 1 N–H and O–H groups in total. The molecule has 0 radical (unpaired) electrons. The summed E-state index contributed by atoms with van der Waals surface area (Å²) in [6.07, 6.45) is 3.56. The van der Waals surface area contributed by atoms with Gasteiger partial charge in [0.2, 0.25) is 0 Å². The van der Waals surface area contributed by atoms with Gasteiger partial charge >= 0.3 is 0 Å². The molecule has 4 nitrogen and oxygen atoms in total. The van der Waals surface area contributed by atoms with Crippen LogP contribution in [0.1, 0.15) is 10.4 Å². The molecule has 0 atom stereocenters. The van der Waals surface area contributed by atoms with Crippen LogP contribution in [-0.4, -0.2) is 21.4 Å². The number of rotatable bonds is 1. The van der Waals surface area contributed by atoms with E-state index in [9.17, 15) is 9.90 Å². The maximum Gasteiger partial charge on any atom is 0.151 e. The monoisotopic (exact) mass is 174 g/mol. The van der Waals surface area contributed by atoms with Crippen molar-refractivity contribution in [2.45, 2.75) is 0 Å². The van der Waals surface area contributed by atoms with Gasteiger partial charge in [-0.15, -0.1) is 0 Å². The zero-order chi connectivity index (χ0) is 9.26. The van der Waals surface area contributed by atoms with Crippen molar-refractivity contribution >= 4 is 17.3 Å². The Morgan fingerprint density at radius 2 is 2.23 bits per heavy atom. The Morgan fingerprint density at radius 1 is 1.38 bits per heavy atom. The molecule has 0 spiro atoms. The molecule has 13 heavy (non-hydrogen) atoms. The van der Waals surface area contributed by atoms with E-state index in [1.165, 1.54) is 18.5 Å². The van der Waals surface area contributed by atoms with Crippen LogP contribution in [0.2, 0.25) is 0 Å². The molecule has 2 rings (SSSR count). The molecule has 64 valence electrons. The summed E-state index contributed by atoms with van der Waals surface area (Å²) in [4.78, 5) is 18.3. The predicted molar refractivity (Wildman–Crippen MR) is 46.6 cm³/mol. The van der Waals surface area contributed by atoms with Gasteiger partial charge in [0.25, 0.3) is 0 Å². The van der Waals surface area contributed by atoms with E-state index in [0.717, 1.165) is 0 Å². The van der Waals surface area contributed by atoms with E-state index in [-0.39, 0.29) is 5.75 Å². The maximum absolute atomic E-state index is 10.4. The summed E-state index contributed by atoms with van der Waals surface area (Å²) >= 11 is 0. The number of aromatic hydroxyl groups is 1. The number of hydrogen-bond acceptors (Lipinski definition) is 4. The summed E-state index contributed by atoms with van der Waals surface area (Å²) in [7, 11) is 0. The van der Waals surface area contributed by atoms with Gasteiger partial charge in [0, 0.05) is 24.0 Å². The quantitative estimate of drug-likeness (QED) is 0.658. The normalized spacial score (nSPS) is 10.2. The fourth-order valence-corrected chi connectivity index (χ4v) is 1.10. The second kappa shape index (κ2) is 2.82. The Labute approximate surface area is 73.9 Å². The highest BCUT2D eigenvalue weighted by molar-refractivity contribution is 5.86. The van der Waals surface area contributed by atoms with E-state index in [4.69, 9.17) is 0 Å². The lowest BCUT2D eigenvalue weighted by Crippen LogP contribution is -1.87. The Balaban J connectivity index is 2.79. The van der Waals surface area contributed by atoms with Crippen molar-refractivity contribution in [2.24, 2.45) is 0 Å². The first kappa shape index (κ1) is 7.67. The third-order valence-electron chi connectivity index (χ3n) is 1.71. The molecule has 0 saturated heterocycles. The molecule has 0 aliphatic carbocycles. The van der Waals surface area contributed by atoms with Gasteiger partial charge in [0.15, 0.2) is 6.29 Å². The van der Waals surface area contributed by atoms with Crippen molar-refractivity contribution < 1.29 is 9.90 Å². The largest absolute Gasteiger partial charge is 0.506 e. The zero-order valence-electron chi connectivity index (χ0n) is 6.64. The number of hydrogen-bond donors (Lipinski definition) is 1. The molecule has 0 saturated carbocycles. The summed E-state index contributed by atoms with van der Waals surface area (Å²) in [5.41, 5.74) is 1.38. The van der Waals surface area contributed by atoms with Crippen molar-refractivity contribution in [3.05, 3.63) is 30.1 Å². The summed E-state index contributed by atoms with van der Waals surface area (Å²) in [6.45, 7) is 0. The van der Waals surface area contributed by atoms with Gasteiger partial charge in [-0.3, -0.25) is 9.78 Å². The van der Waals surface area contributed by atoms with Gasteiger partial charge in [-0.05, 0) is 6.07 Å². The fourth-order valence-electron chi connectivity index (χ4n) is 1.10. The highest BCUT2D eigenvalue weighted by atomic mass is 16.3. The number of aromatic nitrogens is 2. The number of carbonyl (C=O) groups is 1. The zero-order valence-corrected chi connectivity index (χ0v) is 6.64. The summed E-state index contributed by atoms with van der Waals surface area (Å²) in [5, 5.41) is 9.34. The molecule has 2 heterocycles. The average Bonchev–Trinajstić information content (AvgIpc) is 2.18. The van der Waals surface area contributed by atoms with Crippen molar-refractivity contribution in [1.29, 1.82) is 0 Å². The van der Waals surface area contributed by atoms with E-state index >= 15 is 0 Å². The minimum atomic E-state index is 0.0717. The molecule has 4 heteroatoms. The summed E-state index contributed by atoms with van der Waals surface area (Å²) in [6, 6.07) is 3.03. The minimum absolute atomic E-state index is 0.0717. The fraction of sp³-hybridized carbons (Fsp3) is 0. The van der Waals surface area contributed by atoms with Crippen LogP contribution in [0.5, 0.6) is 5.75 Å². The lowest BCUT2D eigenvalue weighted by Gasteiger charge is -1.98. The number of fused-ring (bicyclic) bond motifs is 1. The first-order valence-corrected chi connectivity index (χ1v) is 3.70. The van der Waals surface area contributed by atoms with Crippen LogP contribution < -0.4 is 0 Å². The van der Waals surface area contributed by atoms with Gasteiger partial charge in [-0.25, -0.2) is 4.98 Å². The third-order valence-corrected chi connectivity index (χ3v) is 1.71. The topological polar surface area (TPSA) is 63.1 Å². The minimum Gasteiger partial charge on any atom is -0.506 e. The molecule has 0 aliphatic rings. The summed E-state index contributed by atoms with van der Waals surface area (Å²) in [5.74, 6) is 0.0717. The van der Waals surface area contributed by atoms with Crippen LogP contribution in [0.15, 0.2) is 24.5 Å². The summed E-state index contributed by atoms with van der Waals surface area (Å²) < 4.78 is 0. The smallest absolute Gasteiger partial charge is 0.151 e. The number of pyridine rings is 2. The van der Waals surface area contributed by atoms with Crippen LogP contribution in [0.25, 0.3) is 11.0 Å². The molecular formula is C9H6N2O2. The molecule has 0 unspecified atom stereocenters. The van der Waals surface area contributed by atoms with Crippen molar-refractivity contribution in [2.75, 3.05) is 0 Å². The second-order valence-electron chi connectivity index (χ2n) is 2.58. The van der Waals surface area contributed by atoms with Gasteiger partial charge in [0.05, 0.1) is 5.52 Å². The Morgan fingerprint density at radius 3 is 3.00 bits per heavy atom. The predicted octanol–water partition coefficient (Wildman–Crippen LogP) is 1.15. The van der Waals surface area contributed by atoms with Crippen LogP contribution in [0.4, 0.5) is 0 Å². The second-order valence-corrected chi connectivity index (χ2v) is 2.58. The lowest BCUT2D eigenvalue weighted by atomic mass is 10.2. The Bertz CT molecular complexity index is 468. The first-order chi connectivity index (χ1) is 6.31. The lowest BCUT2D eigenvalue weighted by molar-refractivity contribution is 0.112. The maximum atomic E-state index is 10.4. The van der Waals surface area contributed by atoms with E-state index in [1.54, 1.807) is 6.07 Å². The van der Waals surface area contributed by atoms with Gasteiger partial charge in [-0.1, -0.05) is 0 Å². The molecule has 0 bridgehead atoms. The molecular weight excluding hydrogens is 168 g/mol. The van der Waals surface area contributed by atoms with Crippen molar-refractivity contribution in [3.8, 4) is 5.75 Å². The van der Waals surface area contributed by atoms with E-state index < -0.39 is 0 Å². The van der Waals surface area contributed by atoms with Gasteiger partial charge < -0.3 is 5.11 Å². The van der Waals surface area contributed by atoms with Gasteiger partial charge in [0.1, 0.15) is 11.3 Å². The highest BCUT2D eigenvalue weighted by Gasteiger charge is 2.01. The van der Waals surface area contributed by atoms with Crippen LogP contribution in [-0.2, 0) is 0 Å². The standard InChI is InChI=1S/C9H6N2O2/c12-5-6-3-7-9(11-4-6)8(13)1-2-10-7/h1-5H,(H,10,13). The van der Waals surface area contributed by atoms with Crippen molar-refractivity contribution in [1.82, 2.24) is 9.97 Å².